The highest BCUT2D eigenvalue weighted by Gasteiger charge is 2.02. The number of nitrogens with one attached hydrogen (secondary N) is 2. The Labute approximate surface area is 181 Å². The number of hydrogen-bond donors (Lipinski definition) is 2. The quantitative estimate of drug-likeness (QED) is 0.218. The Hall–Kier alpha value is -1.42. The Bertz CT molecular complexity index is 679. The summed E-state index contributed by atoms with van der Waals surface area (Å²) < 4.78 is 18.4. The van der Waals surface area contributed by atoms with Crippen molar-refractivity contribution in [2.45, 2.75) is 39.7 Å². The Balaban J connectivity index is 0.00000364. The number of benzene rings is 1. The molecule has 1 aromatic heterocycles. The van der Waals surface area contributed by atoms with Gasteiger partial charge in [0.25, 0.3) is 0 Å². The van der Waals surface area contributed by atoms with Crippen LogP contribution in [0, 0.1) is 5.82 Å². The van der Waals surface area contributed by atoms with E-state index in [9.17, 15) is 4.39 Å². The molecule has 0 spiro atoms. The number of aryl methyl sites for hydroxylation is 1. The number of aromatic nitrogens is 1. The third-order valence-electron chi connectivity index (χ3n) is 3.61. The number of aliphatic imine (C=N–C) groups is 1. The van der Waals surface area contributed by atoms with Crippen molar-refractivity contribution >= 4 is 41.3 Å². The first kappa shape index (κ1) is 23.6. The van der Waals surface area contributed by atoms with Crippen LogP contribution in [0.4, 0.5) is 4.39 Å². The van der Waals surface area contributed by atoms with Gasteiger partial charge in [0.05, 0.1) is 13.2 Å². The molecule has 2 aromatic rings. The minimum Gasteiger partial charge on any atom is -0.494 e. The average molecular weight is 506 g/mol. The van der Waals surface area contributed by atoms with Crippen LogP contribution >= 0.6 is 35.3 Å². The fourth-order valence-corrected chi connectivity index (χ4v) is 3.01. The zero-order valence-corrected chi connectivity index (χ0v) is 19.0. The molecule has 0 fully saturated rings. The van der Waals surface area contributed by atoms with E-state index >= 15 is 0 Å². The first-order chi connectivity index (χ1) is 12.7. The zero-order valence-electron chi connectivity index (χ0n) is 15.8. The van der Waals surface area contributed by atoms with Crippen molar-refractivity contribution in [2.24, 2.45) is 4.99 Å². The molecule has 27 heavy (non-hydrogen) atoms. The van der Waals surface area contributed by atoms with Gasteiger partial charge in [-0.1, -0.05) is 6.92 Å². The number of nitrogens with zero attached hydrogens (tertiary/aromatic N) is 2. The maximum absolute atomic E-state index is 12.8. The van der Waals surface area contributed by atoms with Gasteiger partial charge in [-0.25, -0.2) is 14.4 Å². The summed E-state index contributed by atoms with van der Waals surface area (Å²) in [5.74, 6) is 1.25. The molecule has 8 heteroatoms. The van der Waals surface area contributed by atoms with E-state index in [0.717, 1.165) is 43.3 Å². The van der Waals surface area contributed by atoms with E-state index in [4.69, 9.17) is 4.74 Å². The maximum Gasteiger partial charge on any atom is 0.191 e. The second-order valence-corrected chi connectivity index (χ2v) is 6.91. The number of hydrogen-bond acceptors (Lipinski definition) is 4. The number of halogens is 2. The van der Waals surface area contributed by atoms with Crippen molar-refractivity contribution in [3.05, 3.63) is 46.2 Å². The minimum atomic E-state index is -0.250. The highest BCUT2D eigenvalue weighted by atomic mass is 127. The third-order valence-corrected chi connectivity index (χ3v) is 4.74. The number of rotatable bonds is 10. The molecule has 0 aliphatic heterocycles. The van der Waals surface area contributed by atoms with E-state index in [2.05, 4.69) is 27.5 Å². The van der Waals surface area contributed by atoms with E-state index in [-0.39, 0.29) is 29.8 Å². The highest BCUT2D eigenvalue weighted by molar-refractivity contribution is 14.0. The summed E-state index contributed by atoms with van der Waals surface area (Å²) in [6, 6.07) is 6.10. The molecular weight excluding hydrogens is 478 g/mol. The number of guanidine groups is 1. The molecule has 2 rings (SSSR count). The third kappa shape index (κ3) is 9.37. The normalized spacial score (nSPS) is 11.0. The summed E-state index contributed by atoms with van der Waals surface area (Å²) >= 11 is 1.71. The van der Waals surface area contributed by atoms with E-state index in [1.165, 1.54) is 17.0 Å². The van der Waals surface area contributed by atoms with Gasteiger partial charge in [-0.2, -0.15) is 0 Å². The molecule has 0 radical (unpaired) electrons. The van der Waals surface area contributed by atoms with Crippen LogP contribution in [0.3, 0.4) is 0 Å². The minimum absolute atomic E-state index is 0. The highest BCUT2D eigenvalue weighted by Crippen LogP contribution is 2.14. The van der Waals surface area contributed by atoms with Gasteiger partial charge in [0, 0.05) is 24.2 Å². The number of ether oxygens (including phenoxy) is 1. The Morgan fingerprint density at radius 3 is 2.63 bits per heavy atom. The molecule has 0 unspecified atom stereocenters. The van der Waals surface area contributed by atoms with Crippen LogP contribution < -0.4 is 15.4 Å². The Morgan fingerprint density at radius 2 is 1.96 bits per heavy atom. The van der Waals surface area contributed by atoms with Gasteiger partial charge in [0.2, 0.25) is 0 Å². The van der Waals surface area contributed by atoms with Crippen LogP contribution in [0.5, 0.6) is 5.75 Å². The van der Waals surface area contributed by atoms with Crippen molar-refractivity contribution in [1.29, 1.82) is 0 Å². The molecule has 5 nitrogen and oxygen atoms in total. The molecule has 0 aliphatic carbocycles. The van der Waals surface area contributed by atoms with E-state index in [0.29, 0.717) is 18.9 Å². The molecule has 0 amide bonds. The van der Waals surface area contributed by atoms with Crippen molar-refractivity contribution in [3.63, 3.8) is 0 Å². The summed E-state index contributed by atoms with van der Waals surface area (Å²) in [6.45, 7) is 7.01. The predicted octanol–water partition coefficient (Wildman–Crippen LogP) is 4.38. The zero-order chi connectivity index (χ0) is 18.6. The van der Waals surface area contributed by atoms with Crippen LogP contribution in [-0.4, -0.2) is 30.6 Å². The summed E-state index contributed by atoms with van der Waals surface area (Å²) in [4.78, 5) is 10.3. The predicted molar refractivity (Wildman–Crippen MR) is 121 cm³/mol. The molecule has 0 saturated carbocycles. The standard InChI is InChI=1S/C19H27FN4OS.HI/c1-3-17-13-23-18(26-17)14-24-19(21-4-2)22-11-5-6-12-25-16-9-7-15(20)8-10-16;/h7-10,13H,3-6,11-12,14H2,1-2H3,(H2,21,22,24);1H. The van der Waals surface area contributed by atoms with Crippen LogP contribution in [-0.2, 0) is 13.0 Å². The molecular formula is C19H28FIN4OS. The molecule has 0 bridgehead atoms. The lowest BCUT2D eigenvalue weighted by molar-refractivity contribution is 0.306. The van der Waals surface area contributed by atoms with E-state index in [1.54, 1.807) is 23.5 Å². The van der Waals surface area contributed by atoms with Gasteiger partial charge < -0.3 is 15.4 Å². The first-order valence-electron chi connectivity index (χ1n) is 9.05. The average Bonchev–Trinajstić information content (AvgIpc) is 3.12. The molecule has 1 aromatic carbocycles. The fraction of sp³-hybridized carbons (Fsp3) is 0.474. The Morgan fingerprint density at radius 1 is 1.19 bits per heavy atom. The van der Waals surface area contributed by atoms with E-state index in [1.807, 2.05) is 13.1 Å². The van der Waals surface area contributed by atoms with Crippen molar-refractivity contribution in [2.75, 3.05) is 19.7 Å². The van der Waals surface area contributed by atoms with Crippen LogP contribution in [0.25, 0.3) is 0 Å². The van der Waals surface area contributed by atoms with Crippen molar-refractivity contribution < 1.29 is 9.13 Å². The van der Waals surface area contributed by atoms with Crippen LogP contribution in [0.1, 0.15) is 36.6 Å². The summed E-state index contributed by atoms with van der Waals surface area (Å²) in [5.41, 5.74) is 0. The summed E-state index contributed by atoms with van der Waals surface area (Å²) in [5, 5.41) is 7.61. The van der Waals surface area contributed by atoms with Gasteiger partial charge in [-0.05, 0) is 50.5 Å². The van der Waals surface area contributed by atoms with Gasteiger partial charge in [0.1, 0.15) is 16.6 Å². The van der Waals surface area contributed by atoms with Gasteiger partial charge in [0.15, 0.2) is 5.96 Å². The van der Waals surface area contributed by atoms with Crippen molar-refractivity contribution in [3.8, 4) is 5.75 Å². The summed E-state index contributed by atoms with van der Waals surface area (Å²) in [6.07, 6.45) is 4.82. The van der Waals surface area contributed by atoms with Crippen LogP contribution in [0.15, 0.2) is 35.5 Å². The van der Waals surface area contributed by atoms with Gasteiger partial charge >= 0.3 is 0 Å². The molecule has 1 heterocycles. The molecule has 0 saturated heterocycles. The monoisotopic (exact) mass is 506 g/mol. The second-order valence-electron chi connectivity index (χ2n) is 5.71. The largest absolute Gasteiger partial charge is 0.494 e. The SMILES string of the molecule is CCNC(=NCc1ncc(CC)s1)NCCCCOc1ccc(F)cc1.I. The number of unbranched alkanes of at least 4 members (excludes halogenated alkanes) is 1. The topological polar surface area (TPSA) is 58.5 Å². The fourth-order valence-electron chi connectivity index (χ4n) is 2.23. The van der Waals surface area contributed by atoms with Gasteiger partial charge in [-0.15, -0.1) is 35.3 Å². The lowest BCUT2D eigenvalue weighted by Crippen LogP contribution is -2.37. The summed E-state index contributed by atoms with van der Waals surface area (Å²) in [7, 11) is 0. The second kappa shape index (κ2) is 13.7. The Kier molecular flexibility index (Phi) is 12.0. The molecule has 150 valence electrons. The number of thiazole rings is 1. The van der Waals surface area contributed by atoms with E-state index < -0.39 is 0 Å². The maximum atomic E-state index is 12.8. The first-order valence-corrected chi connectivity index (χ1v) is 9.87. The van der Waals surface area contributed by atoms with Gasteiger partial charge in [-0.3, -0.25) is 0 Å². The van der Waals surface area contributed by atoms with Crippen LogP contribution in [0.2, 0.25) is 0 Å². The lowest BCUT2D eigenvalue weighted by Gasteiger charge is -2.11. The molecule has 2 N–H and O–H groups in total. The lowest BCUT2D eigenvalue weighted by atomic mass is 10.3. The van der Waals surface area contributed by atoms with Crippen molar-refractivity contribution in [1.82, 2.24) is 15.6 Å². The molecule has 0 atom stereocenters. The smallest absolute Gasteiger partial charge is 0.191 e. The molecule has 0 aliphatic rings.